The molecule has 3 heterocycles. The first kappa shape index (κ1) is 16.9. The van der Waals surface area contributed by atoms with Crippen molar-refractivity contribution in [2.75, 3.05) is 30.8 Å². The fourth-order valence-electron chi connectivity index (χ4n) is 3.02. The van der Waals surface area contributed by atoms with Crippen LogP contribution in [-0.4, -0.2) is 64.5 Å². The summed E-state index contributed by atoms with van der Waals surface area (Å²) in [6.07, 6.45) is 2.08. The Morgan fingerprint density at radius 2 is 1.92 bits per heavy atom. The van der Waals surface area contributed by atoms with E-state index in [2.05, 4.69) is 15.3 Å². The molecule has 0 unspecified atom stereocenters. The number of sulfonamides is 1. The van der Waals surface area contributed by atoms with Gasteiger partial charge in [0.1, 0.15) is 12.1 Å². The van der Waals surface area contributed by atoms with Crippen LogP contribution in [0.2, 0.25) is 0 Å². The smallest absolute Gasteiger partial charge is 0.214 e. The second kappa shape index (κ2) is 6.65. The second-order valence-electron chi connectivity index (χ2n) is 6.45. The van der Waals surface area contributed by atoms with E-state index in [0.29, 0.717) is 25.2 Å². The Labute approximate surface area is 152 Å². The summed E-state index contributed by atoms with van der Waals surface area (Å²) in [4.78, 5) is 2.05. The van der Waals surface area contributed by atoms with Gasteiger partial charge in [-0.15, -0.1) is 15.3 Å². The Balaban J connectivity index is 1.36. The molecule has 0 spiro atoms. The molecule has 0 N–H and O–H groups in total. The van der Waals surface area contributed by atoms with Crippen molar-refractivity contribution in [3.63, 3.8) is 0 Å². The van der Waals surface area contributed by atoms with Crippen LogP contribution in [0.25, 0.3) is 5.65 Å². The minimum atomic E-state index is -3.29. The van der Waals surface area contributed by atoms with Gasteiger partial charge in [0.25, 0.3) is 0 Å². The molecule has 1 aliphatic heterocycles. The zero-order chi connectivity index (χ0) is 18.1. The number of likely N-dealkylation sites (N-methyl/N-ethyl adjacent to an activating group) is 1. The second-order valence-corrected chi connectivity index (χ2v) is 8.60. The lowest BCUT2D eigenvalue weighted by Crippen LogP contribution is -2.60. The third-order valence-electron chi connectivity index (χ3n) is 4.78. The largest absolute Gasteiger partial charge is 0.352 e. The normalized spacial score (nSPS) is 15.5. The van der Waals surface area contributed by atoms with Crippen molar-refractivity contribution in [1.82, 2.24) is 24.1 Å². The molecule has 0 atom stereocenters. The molecule has 26 heavy (non-hydrogen) atoms. The molecule has 136 valence electrons. The van der Waals surface area contributed by atoms with Crippen LogP contribution >= 0.6 is 0 Å². The maximum atomic E-state index is 12.6. The third-order valence-corrected chi connectivity index (χ3v) is 6.67. The lowest BCUT2D eigenvalue weighted by molar-refractivity contribution is 0.309. The zero-order valence-electron chi connectivity index (χ0n) is 14.4. The molecule has 1 aromatic carbocycles. The minimum absolute atomic E-state index is 0.0332. The van der Waals surface area contributed by atoms with Crippen molar-refractivity contribution >= 4 is 21.5 Å². The Morgan fingerprint density at radius 1 is 1.15 bits per heavy atom. The Kier molecular flexibility index (Phi) is 4.33. The predicted molar refractivity (Wildman–Crippen MR) is 98.5 cm³/mol. The topological polar surface area (TPSA) is 83.7 Å². The molecule has 0 aliphatic carbocycles. The van der Waals surface area contributed by atoms with Crippen LogP contribution in [0.4, 0.5) is 5.82 Å². The highest BCUT2D eigenvalue weighted by atomic mass is 32.2. The van der Waals surface area contributed by atoms with E-state index in [-0.39, 0.29) is 11.8 Å². The average Bonchev–Trinajstić information content (AvgIpc) is 3.07. The van der Waals surface area contributed by atoms with Crippen LogP contribution in [0.1, 0.15) is 5.56 Å². The van der Waals surface area contributed by atoms with Crippen molar-refractivity contribution in [3.05, 3.63) is 54.4 Å². The van der Waals surface area contributed by atoms with Gasteiger partial charge >= 0.3 is 0 Å². The molecule has 3 aromatic rings. The maximum absolute atomic E-state index is 12.6. The van der Waals surface area contributed by atoms with Gasteiger partial charge in [-0.1, -0.05) is 30.3 Å². The molecule has 0 amide bonds. The summed E-state index contributed by atoms with van der Waals surface area (Å²) in [5, 5.41) is 12.2. The van der Waals surface area contributed by atoms with Crippen LogP contribution in [0.15, 0.2) is 48.8 Å². The quantitative estimate of drug-likeness (QED) is 0.637. The van der Waals surface area contributed by atoms with E-state index in [1.807, 2.05) is 47.4 Å². The lowest BCUT2D eigenvalue weighted by Gasteiger charge is -2.43. The molecule has 0 saturated carbocycles. The molecule has 4 rings (SSSR count). The van der Waals surface area contributed by atoms with Gasteiger partial charge in [-0.3, -0.25) is 0 Å². The van der Waals surface area contributed by atoms with Gasteiger partial charge < -0.3 is 4.90 Å². The first-order valence-corrected chi connectivity index (χ1v) is 10.1. The number of hydrogen-bond donors (Lipinski definition) is 0. The van der Waals surface area contributed by atoms with Crippen LogP contribution in [0.3, 0.4) is 0 Å². The van der Waals surface area contributed by atoms with Gasteiger partial charge in [-0.25, -0.2) is 8.42 Å². The molecule has 9 heteroatoms. The first-order valence-electron chi connectivity index (χ1n) is 8.44. The molecule has 1 saturated heterocycles. The monoisotopic (exact) mass is 372 g/mol. The van der Waals surface area contributed by atoms with Gasteiger partial charge in [-0.2, -0.15) is 8.82 Å². The van der Waals surface area contributed by atoms with E-state index >= 15 is 0 Å². The predicted octanol–water partition coefficient (Wildman–Crippen LogP) is 0.817. The van der Waals surface area contributed by atoms with Gasteiger partial charge in [0.05, 0.1) is 11.8 Å². The average molecular weight is 372 g/mol. The number of anilines is 1. The number of fused-ring (bicyclic) bond motifs is 1. The number of rotatable bonds is 6. The number of nitrogens with zero attached hydrogens (tertiary/aromatic N) is 6. The van der Waals surface area contributed by atoms with E-state index in [4.69, 9.17) is 0 Å². The van der Waals surface area contributed by atoms with Crippen LogP contribution < -0.4 is 4.90 Å². The fraction of sp³-hybridized carbons (Fsp3) is 0.353. The lowest BCUT2D eigenvalue weighted by atomic mass is 10.1. The fourth-order valence-corrected chi connectivity index (χ4v) is 4.39. The highest BCUT2D eigenvalue weighted by Gasteiger charge is 2.36. The van der Waals surface area contributed by atoms with E-state index in [0.717, 1.165) is 11.4 Å². The molecule has 1 aliphatic rings. The minimum Gasteiger partial charge on any atom is -0.352 e. The number of aromatic nitrogens is 4. The molecule has 2 aromatic heterocycles. The summed E-state index contributed by atoms with van der Waals surface area (Å²) in [6, 6.07) is 13.4. The zero-order valence-corrected chi connectivity index (χ0v) is 15.2. The summed E-state index contributed by atoms with van der Waals surface area (Å²) < 4.78 is 28.3. The molecular weight excluding hydrogens is 352 g/mol. The summed E-state index contributed by atoms with van der Waals surface area (Å²) in [5.41, 5.74) is 1.72. The summed E-state index contributed by atoms with van der Waals surface area (Å²) in [7, 11) is -1.62. The Hall–Kier alpha value is -2.52. The number of hydrogen-bond acceptors (Lipinski definition) is 6. The van der Waals surface area contributed by atoms with Crippen molar-refractivity contribution in [2.24, 2.45) is 0 Å². The van der Waals surface area contributed by atoms with E-state index in [1.54, 1.807) is 17.9 Å². The van der Waals surface area contributed by atoms with Crippen molar-refractivity contribution < 1.29 is 8.42 Å². The number of benzene rings is 1. The van der Waals surface area contributed by atoms with E-state index < -0.39 is 10.0 Å². The highest BCUT2D eigenvalue weighted by molar-refractivity contribution is 7.89. The van der Waals surface area contributed by atoms with Crippen molar-refractivity contribution in [1.29, 1.82) is 0 Å². The summed E-state index contributed by atoms with van der Waals surface area (Å²) in [6.45, 7) is 1.25. The molecule has 0 bridgehead atoms. The highest BCUT2D eigenvalue weighted by Crippen LogP contribution is 2.23. The van der Waals surface area contributed by atoms with Gasteiger partial charge in [0.2, 0.25) is 10.0 Å². The Bertz CT molecular complexity index is 998. The molecule has 8 nitrogen and oxygen atoms in total. The van der Waals surface area contributed by atoms with E-state index in [9.17, 15) is 8.42 Å². The number of aryl methyl sites for hydroxylation is 1. The maximum Gasteiger partial charge on any atom is 0.214 e. The van der Waals surface area contributed by atoms with Gasteiger partial charge in [0.15, 0.2) is 5.65 Å². The standard InChI is InChI=1S/C17H20N6O2S/c1-21(26(24,25)10-9-14-5-3-2-4-6-14)15-11-22(12-15)17-8-7-16-19-18-13-23(16)20-17/h2-8,13,15H,9-12H2,1H3. The SMILES string of the molecule is CN(C1CN(c2ccc3nncn3n2)C1)S(=O)(=O)CCc1ccccc1. The summed E-state index contributed by atoms with van der Waals surface area (Å²) >= 11 is 0. The van der Waals surface area contributed by atoms with Gasteiger partial charge in [-0.05, 0) is 24.1 Å². The van der Waals surface area contributed by atoms with Gasteiger partial charge in [0, 0.05) is 20.1 Å². The van der Waals surface area contributed by atoms with Crippen LogP contribution in [-0.2, 0) is 16.4 Å². The van der Waals surface area contributed by atoms with Crippen LogP contribution in [0, 0.1) is 0 Å². The Morgan fingerprint density at radius 3 is 2.69 bits per heavy atom. The van der Waals surface area contributed by atoms with Crippen molar-refractivity contribution in [2.45, 2.75) is 12.5 Å². The van der Waals surface area contributed by atoms with E-state index in [1.165, 1.54) is 4.31 Å². The third kappa shape index (κ3) is 3.27. The molecular formula is C17H20N6O2S. The summed E-state index contributed by atoms with van der Waals surface area (Å²) in [5.74, 6) is 0.915. The first-order chi connectivity index (χ1) is 12.5. The van der Waals surface area contributed by atoms with Crippen molar-refractivity contribution in [3.8, 4) is 0 Å². The molecule has 1 fully saturated rings. The van der Waals surface area contributed by atoms with Crippen LogP contribution in [0.5, 0.6) is 0 Å². The molecule has 0 radical (unpaired) electrons.